The van der Waals surface area contributed by atoms with Crippen LogP contribution in [0, 0.1) is 0 Å². The second-order valence-corrected chi connectivity index (χ2v) is 13.2. The normalized spacial score (nSPS) is 14.5. The number of H-pyrrole nitrogens is 1. The SMILES string of the molecule is C[C@H](NC(=O)OCc1nc2ccccc2[nH]1)C(=O)N[C@@H](Cc1ccccc1)[C@H](O)CNC[C@@H](O)[C@H](Cc1ccccc1)NC(=O)OC(C)(C)C. The maximum Gasteiger partial charge on any atom is 0.408 e. The molecule has 13 nitrogen and oxygen atoms in total. The summed E-state index contributed by atoms with van der Waals surface area (Å²) in [7, 11) is 0. The van der Waals surface area contributed by atoms with Gasteiger partial charge in [-0.05, 0) is 63.8 Å². The van der Waals surface area contributed by atoms with Gasteiger partial charge in [-0.3, -0.25) is 4.79 Å². The summed E-state index contributed by atoms with van der Waals surface area (Å²) in [4.78, 5) is 45.7. The third-order valence-corrected chi connectivity index (χ3v) is 7.77. The number of hydrogen-bond acceptors (Lipinski definition) is 9. The highest BCUT2D eigenvalue weighted by atomic mass is 16.6. The van der Waals surface area contributed by atoms with E-state index in [0.29, 0.717) is 18.7 Å². The molecule has 0 spiro atoms. The van der Waals surface area contributed by atoms with E-state index in [0.717, 1.165) is 22.2 Å². The molecule has 1 heterocycles. The fraction of sp³-hybridized carbons (Fsp3) is 0.405. The van der Waals surface area contributed by atoms with Crippen LogP contribution in [0.3, 0.4) is 0 Å². The Bertz CT molecular complexity index is 1630. The number of aromatic amines is 1. The molecule has 0 aliphatic heterocycles. The minimum atomic E-state index is -1.08. The Morgan fingerprint density at radius 3 is 1.86 bits per heavy atom. The number of aromatic nitrogens is 2. The smallest absolute Gasteiger partial charge is 0.408 e. The van der Waals surface area contributed by atoms with Gasteiger partial charge in [0, 0.05) is 13.1 Å². The van der Waals surface area contributed by atoms with Crippen molar-refractivity contribution in [1.29, 1.82) is 0 Å². The number of para-hydroxylation sites is 2. The molecule has 0 unspecified atom stereocenters. The third-order valence-electron chi connectivity index (χ3n) is 7.77. The predicted molar refractivity (Wildman–Crippen MR) is 189 cm³/mol. The van der Waals surface area contributed by atoms with Crippen LogP contribution in [-0.2, 0) is 33.7 Å². The number of alkyl carbamates (subject to hydrolysis) is 2. The molecule has 5 atom stereocenters. The van der Waals surface area contributed by atoms with E-state index < -0.39 is 54.0 Å². The van der Waals surface area contributed by atoms with Gasteiger partial charge in [-0.1, -0.05) is 72.8 Å². The van der Waals surface area contributed by atoms with Crippen molar-refractivity contribution in [3.8, 4) is 0 Å². The van der Waals surface area contributed by atoms with Crippen LogP contribution in [0.5, 0.6) is 0 Å². The van der Waals surface area contributed by atoms with Crippen LogP contribution in [-0.4, -0.2) is 87.3 Å². The van der Waals surface area contributed by atoms with Crippen molar-refractivity contribution in [2.45, 2.75) is 83.1 Å². The van der Waals surface area contributed by atoms with E-state index in [2.05, 4.69) is 31.2 Å². The van der Waals surface area contributed by atoms with Crippen LogP contribution in [0.4, 0.5) is 9.59 Å². The number of carbonyl (C=O) groups is 3. The molecule has 0 bridgehead atoms. The molecule has 1 aromatic heterocycles. The van der Waals surface area contributed by atoms with Gasteiger partial charge in [0.25, 0.3) is 0 Å². The van der Waals surface area contributed by atoms with Crippen molar-refractivity contribution < 1.29 is 34.1 Å². The number of amides is 3. The Labute approximate surface area is 292 Å². The zero-order chi connectivity index (χ0) is 36.1. The molecular weight excluding hydrogens is 640 g/mol. The van der Waals surface area contributed by atoms with Crippen LogP contribution in [0.25, 0.3) is 11.0 Å². The van der Waals surface area contributed by atoms with Crippen molar-refractivity contribution in [2.24, 2.45) is 0 Å². The summed E-state index contributed by atoms with van der Waals surface area (Å²) < 4.78 is 10.7. The minimum absolute atomic E-state index is 0.0146. The minimum Gasteiger partial charge on any atom is -0.444 e. The Hall–Kier alpha value is -4.98. The lowest BCUT2D eigenvalue weighted by Gasteiger charge is -2.29. The van der Waals surface area contributed by atoms with Crippen molar-refractivity contribution in [3.63, 3.8) is 0 Å². The van der Waals surface area contributed by atoms with E-state index >= 15 is 0 Å². The topological polar surface area (TPSA) is 187 Å². The Morgan fingerprint density at radius 1 is 0.760 bits per heavy atom. The number of rotatable bonds is 16. The van der Waals surface area contributed by atoms with Crippen LogP contribution < -0.4 is 21.3 Å². The summed E-state index contributed by atoms with van der Waals surface area (Å²) >= 11 is 0. The lowest BCUT2D eigenvalue weighted by molar-refractivity contribution is -0.124. The number of aliphatic hydroxyl groups excluding tert-OH is 2. The van der Waals surface area contributed by atoms with E-state index in [-0.39, 0.29) is 19.7 Å². The zero-order valence-electron chi connectivity index (χ0n) is 28.9. The summed E-state index contributed by atoms with van der Waals surface area (Å²) in [5.41, 5.74) is 2.65. The number of aliphatic hydroxyl groups is 2. The molecule has 13 heteroatoms. The number of nitrogens with zero attached hydrogens (tertiary/aromatic N) is 1. The molecule has 3 aromatic carbocycles. The second-order valence-electron chi connectivity index (χ2n) is 13.2. The molecule has 7 N–H and O–H groups in total. The van der Waals surface area contributed by atoms with Gasteiger partial charge in [0.2, 0.25) is 5.91 Å². The van der Waals surface area contributed by atoms with Gasteiger partial charge >= 0.3 is 12.2 Å². The number of carbonyl (C=O) groups excluding carboxylic acids is 3. The summed E-state index contributed by atoms with van der Waals surface area (Å²) in [6.07, 6.45) is -2.91. The third kappa shape index (κ3) is 12.5. The first-order valence-electron chi connectivity index (χ1n) is 16.7. The van der Waals surface area contributed by atoms with Gasteiger partial charge in [-0.15, -0.1) is 0 Å². The average molecular weight is 689 g/mol. The van der Waals surface area contributed by atoms with E-state index in [1.807, 2.05) is 84.9 Å². The first-order chi connectivity index (χ1) is 23.9. The number of benzene rings is 3. The van der Waals surface area contributed by atoms with Gasteiger partial charge < -0.3 is 45.9 Å². The Morgan fingerprint density at radius 2 is 1.30 bits per heavy atom. The van der Waals surface area contributed by atoms with E-state index in [4.69, 9.17) is 9.47 Å². The molecule has 0 fully saturated rings. The molecule has 0 saturated heterocycles. The van der Waals surface area contributed by atoms with Crippen molar-refractivity contribution in [2.75, 3.05) is 13.1 Å². The van der Waals surface area contributed by atoms with Gasteiger partial charge in [0.05, 0.1) is 35.3 Å². The highest BCUT2D eigenvalue weighted by Gasteiger charge is 2.28. The highest BCUT2D eigenvalue weighted by molar-refractivity contribution is 5.85. The number of ether oxygens (including phenoxy) is 2. The van der Waals surface area contributed by atoms with Crippen molar-refractivity contribution in [1.82, 2.24) is 31.2 Å². The number of nitrogens with one attached hydrogen (secondary N) is 5. The maximum atomic E-state index is 13.2. The molecule has 0 saturated carbocycles. The Balaban J connectivity index is 1.32. The molecule has 0 aliphatic carbocycles. The van der Waals surface area contributed by atoms with Gasteiger partial charge in [-0.2, -0.15) is 0 Å². The largest absolute Gasteiger partial charge is 0.444 e. The van der Waals surface area contributed by atoms with Crippen molar-refractivity contribution >= 4 is 29.1 Å². The Kier molecular flexibility index (Phi) is 13.7. The van der Waals surface area contributed by atoms with E-state index in [1.165, 1.54) is 6.92 Å². The highest BCUT2D eigenvalue weighted by Crippen LogP contribution is 2.13. The molecule has 0 radical (unpaired) electrons. The van der Waals surface area contributed by atoms with Crippen LogP contribution in [0.15, 0.2) is 84.9 Å². The summed E-state index contributed by atoms with van der Waals surface area (Å²) in [5.74, 6) is -0.0516. The molecule has 0 aliphatic rings. The molecule has 4 aromatic rings. The molecular formula is C37H48N6O7. The lowest BCUT2D eigenvalue weighted by atomic mass is 9.99. The lowest BCUT2D eigenvalue weighted by Crippen LogP contribution is -2.55. The van der Waals surface area contributed by atoms with Gasteiger partial charge in [-0.25, -0.2) is 14.6 Å². The zero-order valence-corrected chi connectivity index (χ0v) is 28.9. The standard InChI is InChI=1S/C37H48N6O7/c1-24(39-35(47)49-23-33-40-27-17-11-12-18-28(27)41-33)34(46)42-29(19-25-13-7-5-8-14-25)31(44)21-38-22-32(45)30(20-26-15-9-6-10-16-26)43-36(48)50-37(2,3)4/h5-18,24,29-32,38,44-45H,19-23H2,1-4H3,(H,39,47)(H,40,41)(H,42,46)(H,43,48)/t24-,29-,30-,31+,32+/m0/s1. The number of fused-ring (bicyclic) bond motifs is 1. The van der Waals surface area contributed by atoms with Crippen molar-refractivity contribution in [3.05, 3.63) is 102 Å². The molecule has 3 amide bonds. The van der Waals surface area contributed by atoms with Crippen LogP contribution in [0.1, 0.15) is 44.6 Å². The average Bonchev–Trinajstić information content (AvgIpc) is 3.50. The summed E-state index contributed by atoms with van der Waals surface area (Å²) in [6.45, 7) is 6.73. The van der Waals surface area contributed by atoms with Gasteiger partial charge in [0.1, 0.15) is 17.5 Å². The fourth-order valence-electron chi connectivity index (χ4n) is 5.22. The predicted octanol–water partition coefficient (Wildman–Crippen LogP) is 3.35. The number of hydrogen-bond donors (Lipinski definition) is 7. The molecule has 50 heavy (non-hydrogen) atoms. The molecule has 268 valence electrons. The van der Waals surface area contributed by atoms with E-state index in [9.17, 15) is 24.6 Å². The van der Waals surface area contributed by atoms with E-state index in [1.54, 1.807) is 20.8 Å². The van der Waals surface area contributed by atoms with Crippen LogP contribution >= 0.6 is 0 Å². The quantitative estimate of drug-likeness (QED) is 0.0927. The summed E-state index contributed by atoms with van der Waals surface area (Å²) in [5, 5.41) is 33.6. The molecule has 4 rings (SSSR count). The monoisotopic (exact) mass is 688 g/mol. The van der Waals surface area contributed by atoms with Gasteiger partial charge in [0.15, 0.2) is 6.61 Å². The number of imidazole rings is 1. The first-order valence-corrected chi connectivity index (χ1v) is 16.7. The first kappa shape index (κ1) is 37.8. The summed E-state index contributed by atoms with van der Waals surface area (Å²) in [6, 6.07) is 23.8. The second kappa shape index (κ2) is 18.1. The fourth-order valence-corrected chi connectivity index (χ4v) is 5.22. The maximum absolute atomic E-state index is 13.2. The van der Waals surface area contributed by atoms with Crippen LogP contribution in [0.2, 0.25) is 0 Å².